The third kappa shape index (κ3) is 3.57. The summed E-state index contributed by atoms with van der Waals surface area (Å²) in [6, 6.07) is 1.69. The van der Waals surface area contributed by atoms with Crippen LogP contribution in [0.3, 0.4) is 0 Å². The fraction of sp³-hybridized carbons (Fsp3) is 0.647. The van der Waals surface area contributed by atoms with Crippen LogP contribution >= 0.6 is 11.8 Å². The molecule has 0 N–H and O–H groups in total. The number of amides is 2. The second-order valence-corrected chi connectivity index (χ2v) is 7.51. The molecular weight excluding hydrogens is 312 g/mol. The van der Waals surface area contributed by atoms with Gasteiger partial charge in [-0.3, -0.25) is 9.59 Å². The molecule has 126 valence electrons. The maximum absolute atomic E-state index is 12.8. The minimum absolute atomic E-state index is 0.00485. The molecule has 2 fully saturated rings. The first-order valence-corrected chi connectivity index (χ1v) is 9.49. The monoisotopic (exact) mass is 336 g/mol. The Balaban J connectivity index is 1.54. The van der Waals surface area contributed by atoms with Gasteiger partial charge in [-0.2, -0.15) is 0 Å². The third-order valence-electron chi connectivity index (χ3n) is 4.71. The molecule has 5 nitrogen and oxygen atoms in total. The van der Waals surface area contributed by atoms with E-state index in [1.54, 1.807) is 6.07 Å². The Hall–Kier alpha value is -1.43. The molecule has 1 aromatic heterocycles. The van der Waals surface area contributed by atoms with E-state index in [1.165, 1.54) is 12.5 Å². The predicted octanol–water partition coefficient (Wildman–Crippen LogP) is 2.83. The fourth-order valence-corrected chi connectivity index (χ4v) is 4.76. The summed E-state index contributed by atoms with van der Waals surface area (Å²) < 4.78 is 4.98. The first-order valence-electron chi connectivity index (χ1n) is 8.44. The molecule has 3 heterocycles. The molecule has 0 saturated carbocycles. The Morgan fingerprint density at radius 3 is 2.74 bits per heavy atom. The van der Waals surface area contributed by atoms with Gasteiger partial charge in [0.2, 0.25) is 5.91 Å². The SMILES string of the molecule is CCC[C@H]1SCCN1C(=O)C1CCN(C(=O)c2ccoc2)CC1. The minimum atomic E-state index is 0.00485. The van der Waals surface area contributed by atoms with Crippen LogP contribution in [0.5, 0.6) is 0 Å². The lowest BCUT2D eigenvalue weighted by Gasteiger charge is -2.34. The van der Waals surface area contributed by atoms with Crippen LogP contribution in [-0.2, 0) is 4.79 Å². The molecule has 2 aliphatic rings. The lowest BCUT2D eigenvalue weighted by atomic mass is 9.94. The van der Waals surface area contributed by atoms with Gasteiger partial charge in [-0.15, -0.1) is 11.8 Å². The van der Waals surface area contributed by atoms with Crippen molar-refractivity contribution >= 4 is 23.6 Å². The van der Waals surface area contributed by atoms with Crippen LogP contribution in [0.2, 0.25) is 0 Å². The average molecular weight is 336 g/mol. The molecule has 0 unspecified atom stereocenters. The highest BCUT2D eigenvalue weighted by Crippen LogP contribution is 2.31. The number of furan rings is 1. The van der Waals surface area contributed by atoms with E-state index in [-0.39, 0.29) is 11.8 Å². The van der Waals surface area contributed by atoms with Crippen molar-refractivity contribution in [3.8, 4) is 0 Å². The van der Waals surface area contributed by atoms with Crippen LogP contribution in [0.25, 0.3) is 0 Å². The number of carbonyl (C=O) groups is 2. The summed E-state index contributed by atoms with van der Waals surface area (Å²) in [6.07, 6.45) is 6.72. The molecule has 0 aliphatic carbocycles. The number of thioether (sulfide) groups is 1. The second kappa shape index (κ2) is 7.43. The standard InChI is InChI=1S/C17H24N2O3S/c1-2-3-15-19(9-11-23-15)17(21)13-4-7-18(8-5-13)16(20)14-6-10-22-12-14/h6,10,12-13,15H,2-5,7-9,11H2,1H3/t15-/m1/s1. The van der Waals surface area contributed by atoms with Gasteiger partial charge in [-0.05, 0) is 25.3 Å². The number of nitrogens with zero attached hydrogens (tertiary/aromatic N) is 2. The van der Waals surface area contributed by atoms with Crippen LogP contribution in [0, 0.1) is 5.92 Å². The van der Waals surface area contributed by atoms with E-state index < -0.39 is 0 Å². The third-order valence-corrected chi connectivity index (χ3v) is 6.00. The van der Waals surface area contributed by atoms with Crippen LogP contribution < -0.4 is 0 Å². The molecule has 1 aromatic rings. The van der Waals surface area contributed by atoms with Gasteiger partial charge in [0.05, 0.1) is 17.2 Å². The zero-order valence-electron chi connectivity index (χ0n) is 13.6. The molecule has 3 rings (SSSR count). The van der Waals surface area contributed by atoms with E-state index in [2.05, 4.69) is 11.8 Å². The van der Waals surface area contributed by atoms with Crippen molar-refractivity contribution in [2.45, 2.75) is 38.0 Å². The summed E-state index contributed by atoms with van der Waals surface area (Å²) >= 11 is 1.90. The Morgan fingerprint density at radius 2 is 2.09 bits per heavy atom. The van der Waals surface area contributed by atoms with Crippen LogP contribution in [0.4, 0.5) is 0 Å². The van der Waals surface area contributed by atoms with E-state index in [1.807, 2.05) is 16.7 Å². The van der Waals surface area contributed by atoms with Crippen molar-refractivity contribution in [3.05, 3.63) is 24.2 Å². The number of carbonyl (C=O) groups excluding carboxylic acids is 2. The van der Waals surface area contributed by atoms with E-state index in [0.717, 1.165) is 38.0 Å². The van der Waals surface area contributed by atoms with Crippen LogP contribution in [0.15, 0.2) is 23.0 Å². The maximum atomic E-state index is 12.8. The Morgan fingerprint density at radius 1 is 1.30 bits per heavy atom. The second-order valence-electron chi connectivity index (χ2n) is 6.22. The quantitative estimate of drug-likeness (QED) is 0.848. The number of hydrogen-bond donors (Lipinski definition) is 0. The maximum Gasteiger partial charge on any atom is 0.257 e. The molecule has 0 bridgehead atoms. The molecule has 2 amide bonds. The number of likely N-dealkylation sites (tertiary alicyclic amines) is 1. The van der Waals surface area contributed by atoms with Crippen LogP contribution in [0.1, 0.15) is 43.0 Å². The van der Waals surface area contributed by atoms with E-state index >= 15 is 0 Å². The molecule has 0 aromatic carbocycles. The largest absolute Gasteiger partial charge is 0.472 e. The molecule has 0 spiro atoms. The Kier molecular flexibility index (Phi) is 5.30. The van der Waals surface area contributed by atoms with Gasteiger partial charge < -0.3 is 14.2 Å². The van der Waals surface area contributed by atoms with Gasteiger partial charge in [0.25, 0.3) is 5.91 Å². The van der Waals surface area contributed by atoms with E-state index in [0.29, 0.717) is 29.9 Å². The van der Waals surface area contributed by atoms with Gasteiger partial charge >= 0.3 is 0 Å². The smallest absolute Gasteiger partial charge is 0.257 e. The molecule has 2 aliphatic heterocycles. The fourth-order valence-electron chi connectivity index (χ4n) is 3.39. The molecule has 0 radical (unpaired) electrons. The van der Waals surface area contributed by atoms with Crippen molar-refractivity contribution in [2.75, 3.05) is 25.4 Å². The zero-order valence-corrected chi connectivity index (χ0v) is 14.4. The van der Waals surface area contributed by atoms with E-state index in [4.69, 9.17) is 4.42 Å². The molecule has 6 heteroatoms. The van der Waals surface area contributed by atoms with Crippen LogP contribution in [-0.4, -0.2) is 52.4 Å². The molecule has 2 saturated heterocycles. The predicted molar refractivity (Wildman–Crippen MR) is 90.2 cm³/mol. The van der Waals surface area contributed by atoms with Crippen molar-refractivity contribution in [2.24, 2.45) is 5.92 Å². The summed E-state index contributed by atoms with van der Waals surface area (Å²) in [5.74, 6) is 1.42. The van der Waals surface area contributed by atoms with Gasteiger partial charge in [-0.1, -0.05) is 13.3 Å². The van der Waals surface area contributed by atoms with E-state index in [9.17, 15) is 9.59 Å². The topological polar surface area (TPSA) is 53.8 Å². The first-order chi connectivity index (χ1) is 11.2. The summed E-state index contributed by atoms with van der Waals surface area (Å²) in [7, 11) is 0. The van der Waals surface area contributed by atoms with Crippen molar-refractivity contribution < 1.29 is 14.0 Å². The van der Waals surface area contributed by atoms with Crippen molar-refractivity contribution in [1.82, 2.24) is 9.80 Å². The lowest BCUT2D eigenvalue weighted by Crippen LogP contribution is -2.45. The summed E-state index contributed by atoms with van der Waals surface area (Å²) in [4.78, 5) is 29.0. The zero-order chi connectivity index (χ0) is 16.2. The summed E-state index contributed by atoms with van der Waals surface area (Å²) in [6.45, 7) is 4.35. The van der Waals surface area contributed by atoms with Crippen molar-refractivity contribution in [1.29, 1.82) is 0 Å². The highest BCUT2D eigenvalue weighted by molar-refractivity contribution is 8.00. The molecule has 1 atom stereocenters. The van der Waals surface area contributed by atoms with Crippen molar-refractivity contribution in [3.63, 3.8) is 0 Å². The van der Waals surface area contributed by atoms with Gasteiger partial charge in [-0.25, -0.2) is 0 Å². The highest BCUT2D eigenvalue weighted by atomic mass is 32.2. The van der Waals surface area contributed by atoms with Gasteiger partial charge in [0.1, 0.15) is 6.26 Å². The number of hydrogen-bond acceptors (Lipinski definition) is 4. The molecule has 23 heavy (non-hydrogen) atoms. The first kappa shape index (κ1) is 16.4. The summed E-state index contributed by atoms with van der Waals surface area (Å²) in [5.41, 5.74) is 0.591. The number of piperidine rings is 1. The minimum Gasteiger partial charge on any atom is -0.472 e. The Labute approximate surface area is 141 Å². The van der Waals surface area contributed by atoms with Gasteiger partial charge in [0.15, 0.2) is 0 Å². The van der Waals surface area contributed by atoms with Gasteiger partial charge in [0, 0.05) is 31.3 Å². The number of rotatable bonds is 4. The normalized spacial score (nSPS) is 22.6. The average Bonchev–Trinajstić information content (AvgIpc) is 3.26. The summed E-state index contributed by atoms with van der Waals surface area (Å²) in [5, 5.41) is 0.359. The highest BCUT2D eigenvalue weighted by Gasteiger charge is 2.35. The Bertz CT molecular complexity index is 538. The molecular formula is C17H24N2O3S. The lowest BCUT2D eigenvalue weighted by molar-refractivity contribution is -0.137.